The fourth-order valence-electron chi connectivity index (χ4n) is 3.88. The predicted octanol–water partition coefficient (Wildman–Crippen LogP) is 5.54. The van der Waals surface area contributed by atoms with Crippen LogP contribution >= 0.6 is 11.3 Å². The van der Waals surface area contributed by atoms with Gasteiger partial charge in [0.15, 0.2) is 5.76 Å². The molecule has 8 heteroatoms. The molecule has 4 aromatic rings. The highest BCUT2D eigenvalue weighted by Crippen LogP contribution is 2.40. The molecule has 0 radical (unpaired) electrons. The summed E-state index contributed by atoms with van der Waals surface area (Å²) in [5.74, 6) is 1.96. The van der Waals surface area contributed by atoms with Crippen molar-refractivity contribution in [1.29, 1.82) is 0 Å². The number of amides is 1. The normalized spacial score (nSPS) is 14.9. The molecule has 0 saturated carbocycles. The summed E-state index contributed by atoms with van der Waals surface area (Å²) >= 11 is 1.20. The fourth-order valence-corrected chi connectivity index (χ4v) is 4.57. The Morgan fingerprint density at radius 1 is 1.21 bits per heavy atom. The van der Waals surface area contributed by atoms with E-state index in [2.05, 4.69) is 40.6 Å². The van der Waals surface area contributed by atoms with E-state index in [-0.39, 0.29) is 18.6 Å². The number of hydrogen-bond acceptors (Lipinski definition) is 7. The standard InChI is InChI=1S/C25H23N3O4S/c1-15-5-3-4-6-19(15)20-8-7-17-12-21(16(2)11-22(17)30-20)31-25-27-14-23(33-25)24(29)26-13-18-9-10-28-32-18/h3-6,9-12,14,20H,7-8,13H2,1-2H3,(H,26,29). The number of hydrogen-bond donors (Lipinski definition) is 1. The van der Waals surface area contributed by atoms with E-state index < -0.39 is 0 Å². The number of aromatic nitrogens is 2. The zero-order chi connectivity index (χ0) is 22.8. The summed E-state index contributed by atoms with van der Waals surface area (Å²) in [6.45, 7) is 4.36. The van der Waals surface area contributed by atoms with Gasteiger partial charge in [0.2, 0.25) is 0 Å². The van der Waals surface area contributed by atoms with E-state index in [0.717, 1.165) is 35.5 Å². The SMILES string of the molecule is Cc1cc2c(cc1Oc1ncc(C(=O)NCc3ccno3)s1)CCC(c1ccccc1C)O2. The lowest BCUT2D eigenvalue weighted by atomic mass is 9.94. The summed E-state index contributed by atoms with van der Waals surface area (Å²) in [7, 11) is 0. The highest BCUT2D eigenvalue weighted by molar-refractivity contribution is 7.15. The minimum Gasteiger partial charge on any atom is -0.485 e. The molecule has 1 aliphatic rings. The van der Waals surface area contributed by atoms with Crippen molar-refractivity contribution in [2.24, 2.45) is 0 Å². The maximum atomic E-state index is 12.4. The molecule has 33 heavy (non-hydrogen) atoms. The number of benzene rings is 2. The van der Waals surface area contributed by atoms with E-state index >= 15 is 0 Å². The molecule has 5 rings (SSSR count). The Morgan fingerprint density at radius 2 is 2.09 bits per heavy atom. The summed E-state index contributed by atoms with van der Waals surface area (Å²) in [5.41, 5.74) is 4.54. The van der Waals surface area contributed by atoms with Crippen molar-refractivity contribution in [3.05, 3.63) is 87.7 Å². The number of nitrogens with zero attached hydrogens (tertiary/aromatic N) is 2. The molecule has 7 nitrogen and oxygen atoms in total. The van der Waals surface area contributed by atoms with Crippen LogP contribution in [0, 0.1) is 13.8 Å². The van der Waals surface area contributed by atoms with E-state index in [1.807, 2.05) is 25.1 Å². The van der Waals surface area contributed by atoms with Crippen LogP contribution in [-0.2, 0) is 13.0 Å². The molecule has 2 aromatic heterocycles. The van der Waals surface area contributed by atoms with E-state index in [1.165, 1.54) is 34.9 Å². The highest BCUT2D eigenvalue weighted by atomic mass is 32.1. The van der Waals surface area contributed by atoms with Gasteiger partial charge in [0.1, 0.15) is 22.5 Å². The molecular formula is C25H23N3O4S. The van der Waals surface area contributed by atoms with Gasteiger partial charge in [0.25, 0.3) is 11.1 Å². The Morgan fingerprint density at radius 3 is 2.91 bits per heavy atom. The number of thiazole rings is 1. The Hall–Kier alpha value is -3.65. The second-order valence-corrected chi connectivity index (χ2v) is 8.97. The smallest absolute Gasteiger partial charge is 0.279 e. The van der Waals surface area contributed by atoms with Crippen molar-refractivity contribution in [1.82, 2.24) is 15.5 Å². The van der Waals surface area contributed by atoms with Crippen LogP contribution in [0.25, 0.3) is 0 Å². The van der Waals surface area contributed by atoms with E-state index in [4.69, 9.17) is 14.0 Å². The molecule has 1 unspecified atom stereocenters. The number of ether oxygens (including phenoxy) is 2. The fraction of sp³-hybridized carbons (Fsp3) is 0.240. The van der Waals surface area contributed by atoms with Gasteiger partial charge < -0.3 is 19.3 Å². The Balaban J connectivity index is 1.27. The number of fused-ring (bicyclic) bond motifs is 1. The van der Waals surface area contributed by atoms with E-state index in [9.17, 15) is 4.79 Å². The molecule has 0 fully saturated rings. The lowest BCUT2D eigenvalue weighted by molar-refractivity contribution is 0.0951. The summed E-state index contributed by atoms with van der Waals surface area (Å²) in [5, 5.41) is 6.81. The van der Waals surface area contributed by atoms with Gasteiger partial charge in [-0.25, -0.2) is 4.98 Å². The third kappa shape index (κ3) is 4.61. The molecule has 0 spiro atoms. The van der Waals surface area contributed by atoms with Crippen LogP contribution in [0.3, 0.4) is 0 Å². The van der Waals surface area contributed by atoms with Gasteiger partial charge in [-0.05, 0) is 61.1 Å². The first-order chi connectivity index (χ1) is 16.1. The molecule has 2 aromatic carbocycles. The van der Waals surface area contributed by atoms with Crippen LogP contribution in [0.1, 0.15) is 50.2 Å². The summed E-state index contributed by atoms with van der Waals surface area (Å²) in [4.78, 5) is 17.1. The maximum Gasteiger partial charge on any atom is 0.279 e. The number of nitrogens with one attached hydrogen (secondary N) is 1. The minimum absolute atomic E-state index is 0.0573. The van der Waals surface area contributed by atoms with Crippen LogP contribution in [0.4, 0.5) is 0 Å². The molecule has 0 bridgehead atoms. The van der Waals surface area contributed by atoms with Crippen molar-refractivity contribution in [2.75, 3.05) is 0 Å². The van der Waals surface area contributed by atoms with Crippen molar-refractivity contribution >= 4 is 17.2 Å². The lowest BCUT2D eigenvalue weighted by Crippen LogP contribution is -2.21. The second-order valence-electron chi connectivity index (χ2n) is 7.98. The number of aryl methyl sites for hydroxylation is 3. The van der Waals surface area contributed by atoms with E-state index in [0.29, 0.717) is 15.8 Å². The van der Waals surface area contributed by atoms with Crippen LogP contribution in [0.15, 0.2) is 59.4 Å². The molecule has 168 valence electrons. The zero-order valence-electron chi connectivity index (χ0n) is 18.3. The summed E-state index contributed by atoms with van der Waals surface area (Å²) < 4.78 is 17.4. The average molecular weight is 462 g/mol. The number of carbonyl (C=O) groups excluding carboxylic acids is 1. The highest BCUT2D eigenvalue weighted by Gasteiger charge is 2.24. The van der Waals surface area contributed by atoms with Crippen LogP contribution in [-0.4, -0.2) is 16.0 Å². The molecular weight excluding hydrogens is 438 g/mol. The maximum absolute atomic E-state index is 12.4. The van der Waals surface area contributed by atoms with Crippen LogP contribution in [0.5, 0.6) is 16.7 Å². The topological polar surface area (TPSA) is 86.5 Å². The number of carbonyl (C=O) groups is 1. The minimum atomic E-state index is -0.239. The largest absolute Gasteiger partial charge is 0.485 e. The third-order valence-electron chi connectivity index (χ3n) is 5.66. The molecule has 0 aliphatic carbocycles. The lowest BCUT2D eigenvalue weighted by Gasteiger charge is -2.28. The van der Waals surface area contributed by atoms with Gasteiger partial charge in [0, 0.05) is 6.07 Å². The Kier molecular flexibility index (Phi) is 5.83. The zero-order valence-corrected chi connectivity index (χ0v) is 19.1. The first-order valence-electron chi connectivity index (χ1n) is 10.7. The molecule has 1 N–H and O–H groups in total. The summed E-state index contributed by atoms with van der Waals surface area (Å²) in [6, 6.07) is 14.1. The number of rotatable bonds is 6. The van der Waals surface area contributed by atoms with Gasteiger partial charge in [-0.3, -0.25) is 4.79 Å². The molecule has 1 atom stereocenters. The molecule has 1 aliphatic heterocycles. The predicted molar refractivity (Wildman–Crippen MR) is 124 cm³/mol. The Labute approximate surface area is 195 Å². The van der Waals surface area contributed by atoms with Crippen LogP contribution in [0.2, 0.25) is 0 Å². The first-order valence-corrected chi connectivity index (χ1v) is 11.6. The van der Waals surface area contributed by atoms with Crippen molar-refractivity contribution < 1.29 is 18.8 Å². The van der Waals surface area contributed by atoms with Gasteiger partial charge in [-0.15, -0.1) is 0 Å². The third-order valence-corrected chi connectivity index (χ3v) is 6.53. The average Bonchev–Trinajstić information content (AvgIpc) is 3.50. The first kappa shape index (κ1) is 21.2. The second kappa shape index (κ2) is 9.07. The monoisotopic (exact) mass is 461 g/mol. The van der Waals surface area contributed by atoms with Crippen LogP contribution < -0.4 is 14.8 Å². The Bertz CT molecular complexity index is 1280. The quantitative estimate of drug-likeness (QED) is 0.406. The van der Waals surface area contributed by atoms with Gasteiger partial charge in [0.05, 0.1) is 18.9 Å². The molecule has 1 amide bonds. The van der Waals surface area contributed by atoms with Gasteiger partial charge in [-0.2, -0.15) is 0 Å². The van der Waals surface area contributed by atoms with Gasteiger partial charge in [-0.1, -0.05) is 40.8 Å². The van der Waals surface area contributed by atoms with Crippen molar-refractivity contribution in [3.63, 3.8) is 0 Å². The van der Waals surface area contributed by atoms with E-state index in [1.54, 1.807) is 6.07 Å². The molecule has 0 saturated heterocycles. The van der Waals surface area contributed by atoms with Crippen molar-refractivity contribution in [3.8, 4) is 16.7 Å². The van der Waals surface area contributed by atoms with Gasteiger partial charge >= 0.3 is 0 Å². The van der Waals surface area contributed by atoms with Crippen molar-refractivity contribution in [2.45, 2.75) is 39.3 Å². The summed E-state index contributed by atoms with van der Waals surface area (Å²) in [6.07, 6.45) is 4.92. The molecule has 3 heterocycles.